The summed E-state index contributed by atoms with van der Waals surface area (Å²) in [5.41, 5.74) is 2.76. The molecule has 0 radical (unpaired) electrons. The van der Waals surface area contributed by atoms with Gasteiger partial charge in [0, 0.05) is 36.2 Å². The zero-order valence-electron chi connectivity index (χ0n) is 18.4. The van der Waals surface area contributed by atoms with Crippen LogP contribution in [0.3, 0.4) is 0 Å². The van der Waals surface area contributed by atoms with E-state index in [1.807, 2.05) is 0 Å². The summed E-state index contributed by atoms with van der Waals surface area (Å²) in [6.45, 7) is 3.45. The Balaban J connectivity index is 1.43. The highest BCUT2D eigenvalue weighted by Crippen LogP contribution is 2.33. The van der Waals surface area contributed by atoms with E-state index in [9.17, 15) is 5.11 Å². The third-order valence-corrected chi connectivity index (χ3v) is 7.80. The zero-order chi connectivity index (χ0) is 20.3. The summed E-state index contributed by atoms with van der Waals surface area (Å²) in [6, 6.07) is 7.09. The van der Waals surface area contributed by atoms with Crippen LogP contribution in [0.1, 0.15) is 76.2 Å². The molecule has 3 fully saturated rings. The van der Waals surface area contributed by atoms with Gasteiger partial charge < -0.3 is 14.4 Å². The number of rotatable bonds is 7. The monoisotopic (exact) mass is 410 g/mol. The summed E-state index contributed by atoms with van der Waals surface area (Å²) in [5.74, 6) is 1.85. The molecule has 0 spiro atoms. The van der Waals surface area contributed by atoms with Gasteiger partial charge in [-0.3, -0.25) is 4.90 Å². The SMILES string of the molecule is OC[C@@H]1CCCN1Cc1cn(CC2CCCCC2)c2ccc(OC3CCCC3)cc12. The lowest BCUT2D eigenvalue weighted by Gasteiger charge is -2.23. The second-order valence-electron chi connectivity index (χ2n) is 9.96. The molecule has 5 rings (SSSR count). The molecule has 164 valence electrons. The molecule has 0 unspecified atom stereocenters. The Kier molecular flexibility index (Phi) is 6.33. The van der Waals surface area contributed by atoms with E-state index in [1.165, 1.54) is 80.7 Å². The molecule has 1 aromatic heterocycles. The van der Waals surface area contributed by atoms with Crippen molar-refractivity contribution in [3.63, 3.8) is 0 Å². The van der Waals surface area contributed by atoms with Crippen LogP contribution in [0.5, 0.6) is 5.75 Å². The van der Waals surface area contributed by atoms with Crippen LogP contribution < -0.4 is 4.74 Å². The van der Waals surface area contributed by atoms with Crippen molar-refractivity contribution in [2.45, 2.75) is 95.9 Å². The average molecular weight is 411 g/mol. The Labute approximate surface area is 181 Å². The molecule has 1 aliphatic heterocycles. The van der Waals surface area contributed by atoms with Crippen molar-refractivity contribution in [2.75, 3.05) is 13.2 Å². The van der Waals surface area contributed by atoms with Gasteiger partial charge in [0.2, 0.25) is 0 Å². The minimum absolute atomic E-state index is 0.275. The largest absolute Gasteiger partial charge is 0.490 e. The van der Waals surface area contributed by atoms with Crippen LogP contribution in [0.4, 0.5) is 0 Å². The third kappa shape index (κ3) is 4.40. The highest BCUT2D eigenvalue weighted by molar-refractivity contribution is 5.85. The highest BCUT2D eigenvalue weighted by atomic mass is 16.5. The zero-order valence-corrected chi connectivity index (χ0v) is 18.4. The lowest BCUT2D eigenvalue weighted by atomic mass is 9.89. The molecule has 1 aromatic carbocycles. The first-order valence-electron chi connectivity index (χ1n) is 12.4. The summed E-state index contributed by atoms with van der Waals surface area (Å²) < 4.78 is 8.86. The van der Waals surface area contributed by atoms with Gasteiger partial charge in [-0.2, -0.15) is 0 Å². The number of ether oxygens (including phenoxy) is 1. The Morgan fingerprint density at radius 1 is 0.933 bits per heavy atom. The van der Waals surface area contributed by atoms with E-state index in [2.05, 4.69) is 33.9 Å². The number of aromatic nitrogens is 1. The van der Waals surface area contributed by atoms with Crippen LogP contribution in [0.15, 0.2) is 24.4 Å². The van der Waals surface area contributed by atoms with Crippen LogP contribution in [-0.4, -0.2) is 39.9 Å². The predicted octanol–water partition coefficient (Wildman–Crippen LogP) is 5.50. The molecule has 1 N–H and O–H groups in total. The van der Waals surface area contributed by atoms with Crippen LogP contribution >= 0.6 is 0 Å². The van der Waals surface area contributed by atoms with E-state index in [-0.39, 0.29) is 6.61 Å². The van der Waals surface area contributed by atoms with Gasteiger partial charge in [-0.05, 0) is 87.6 Å². The van der Waals surface area contributed by atoms with Crippen molar-refractivity contribution in [3.05, 3.63) is 30.0 Å². The van der Waals surface area contributed by atoms with Gasteiger partial charge in [-0.25, -0.2) is 0 Å². The van der Waals surface area contributed by atoms with Gasteiger partial charge in [0.15, 0.2) is 0 Å². The molecule has 2 aromatic rings. The molecule has 3 aliphatic rings. The Bertz CT molecular complexity index is 833. The van der Waals surface area contributed by atoms with Crippen LogP contribution in [0.2, 0.25) is 0 Å². The molecule has 1 saturated heterocycles. The quantitative estimate of drug-likeness (QED) is 0.655. The number of fused-ring (bicyclic) bond motifs is 1. The van der Waals surface area contributed by atoms with Crippen molar-refractivity contribution in [2.24, 2.45) is 5.92 Å². The lowest BCUT2D eigenvalue weighted by Crippen LogP contribution is -2.31. The van der Waals surface area contributed by atoms with E-state index < -0.39 is 0 Å². The minimum Gasteiger partial charge on any atom is -0.490 e. The van der Waals surface area contributed by atoms with Gasteiger partial charge in [-0.15, -0.1) is 0 Å². The lowest BCUT2D eigenvalue weighted by molar-refractivity contribution is 0.154. The third-order valence-electron chi connectivity index (χ3n) is 7.80. The standard InChI is InChI=1S/C26H38N2O2/c29-19-22-9-6-14-27(22)17-21-18-28(16-20-7-2-1-3-8-20)26-13-12-24(15-25(21)26)30-23-10-4-5-11-23/h12-13,15,18,20,22-23,29H,1-11,14,16-17,19H2/t22-/m0/s1. The first kappa shape index (κ1) is 20.4. The number of aliphatic hydroxyl groups is 1. The molecule has 4 heteroatoms. The summed E-state index contributed by atoms with van der Waals surface area (Å²) >= 11 is 0. The first-order valence-corrected chi connectivity index (χ1v) is 12.4. The van der Waals surface area contributed by atoms with E-state index in [1.54, 1.807) is 0 Å². The minimum atomic E-state index is 0.275. The van der Waals surface area contributed by atoms with Gasteiger partial charge in [0.25, 0.3) is 0 Å². The summed E-state index contributed by atoms with van der Waals surface area (Å²) in [5, 5.41) is 11.1. The molecule has 2 saturated carbocycles. The molecule has 30 heavy (non-hydrogen) atoms. The van der Waals surface area contributed by atoms with Crippen LogP contribution in [0, 0.1) is 5.92 Å². The predicted molar refractivity (Wildman–Crippen MR) is 122 cm³/mol. The second-order valence-corrected chi connectivity index (χ2v) is 9.96. The van der Waals surface area contributed by atoms with Crippen molar-refractivity contribution in [3.8, 4) is 5.75 Å². The smallest absolute Gasteiger partial charge is 0.120 e. The average Bonchev–Trinajstić information content (AvgIpc) is 3.51. The van der Waals surface area contributed by atoms with Crippen molar-refractivity contribution >= 4 is 10.9 Å². The fourth-order valence-corrected chi connectivity index (χ4v) is 6.08. The maximum absolute atomic E-state index is 9.79. The molecule has 1 atom stereocenters. The number of benzene rings is 1. The van der Waals surface area contributed by atoms with E-state index in [4.69, 9.17) is 4.74 Å². The summed E-state index contributed by atoms with van der Waals surface area (Å²) in [4.78, 5) is 2.48. The van der Waals surface area contributed by atoms with Crippen molar-refractivity contribution in [1.29, 1.82) is 0 Å². The normalized spacial score (nSPS) is 24.2. The Morgan fingerprint density at radius 3 is 2.53 bits per heavy atom. The van der Waals surface area contributed by atoms with Gasteiger partial charge in [0.05, 0.1) is 12.7 Å². The van der Waals surface area contributed by atoms with Crippen molar-refractivity contribution < 1.29 is 9.84 Å². The van der Waals surface area contributed by atoms with E-state index in [0.29, 0.717) is 12.1 Å². The Morgan fingerprint density at radius 2 is 1.73 bits per heavy atom. The molecule has 2 aliphatic carbocycles. The Hall–Kier alpha value is -1.52. The number of hydrogen-bond acceptors (Lipinski definition) is 3. The van der Waals surface area contributed by atoms with Crippen LogP contribution in [0.25, 0.3) is 10.9 Å². The topological polar surface area (TPSA) is 37.6 Å². The number of aliphatic hydroxyl groups excluding tert-OH is 1. The summed E-state index contributed by atoms with van der Waals surface area (Å²) in [7, 11) is 0. The fourth-order valence-electron chi connectivity index (χ4n) is 6.08. The highest BCUT2D eigenvalue weighted by Gasteiger charge is 2.25. The fraction of sp³-hybridized carbons (Fsp3) is 0.692. The van der Waals surface area contributed by atoms with E-state index >= 15 is 0 Å². The molecule has 4 nitrogen and oxygen atoms in total. The molecular formula is C26H38N2O2. The van der Waals surface area contributed by atoms with Gasteiger partial charge in [-0.1, -0.05) is 19.3 Å². The number of nitrogens with zero attached hydrogens (tertiary/aromatic N) is 2. The number of likely N-dealkylation sites (tertiary alicyclic amines) is 1. The molecule has 2 heterocycles. The second kappa shape index (κ2) is 9.32. The maximum atomic E-state index is 9.79. The van der Waals surface area contributed by atoms with Crippen LogP contribution in [-0.2, 0) is 13.1 Å². The van der Waals surface area contributed by atoms with E-state index in [0.717, 1.165) is 37.7 Å². The molecule has 0 bridgehead atoms. The molecule has 0 amide bonds. The summed E-state index contributed by atoms with van der Waals surface area (Å²) in [6.07, 6.45) is 17.0. The van der Waals surface area contributed by atoms with Gasteiger partial charge >= 0.3 is 0 Å². The maximum Gasteiger partial charge on any atom is 0.120 e. The van der Waals surface area contributed by atoms with Gasteiger partial charge in [0.1, 0.15) is 5.75 Å². The first-order chi connectivity index (χ1) is 14.8. The molecular weight excluding hydrogens is 372 g/mol. The number of hydrogen-bond donors (Lipinski definition) is 1. The van der Waals surface area contributed by atoms with Crippen molar-refractivity contribution in [1.82, 2.24) is 9.47 Å².